The second-order valence-electron chi connectivity index (χ2n) is 5.41. The summed E-state index contributed by atoms with van der Waals surface area (Å²) in [7, 11) is 3.39. The molecule has 0 aliphatic carbocycles. The fraction of sp³-hybridized carbons (Fsp3) is 0.263. The van der Waals surface area contributed by atoms with E-state index in [2.05, 4.69) is 0 Å². The molecular weight excluding hydrogens is 403 g/mol. The van der Waals surface area contributed by atoms with Crippen molar-refractivity contribution in [2.24, 2.45) is 0 Å². The second kappa shape index (κ2) is 11.3. The van der Waals surface area contributed by atoms with Gasteiger partial charge in [-0.3, -0.25) is 0 Å². The molecule has 9 nitrogen and oxygen atoms in total. The number of methoxy groups -OCH3 is 5. The van der Waals surface area contributed by atoms with Crippen molar-refractivity contribution in [2.45, 2.75) is 0 Å². The minimum Gasteiger partial charge on any atom is -0.497 e. The molecule has 0 amide bonds. The van der Waals surface area contributed by atoms with Gasteiger partial charge < -0.3 is 38.4 Å². The van der Waals surface area contributed by atoms with Crippen LogP contribution in [0.25, 0.3) is 12.2 Å². The molecule has 0 saturated carbocycles. The lowest BCUT2D eigenvalue weighted by molar-refractivity contribution is 0.275. The van der Waals surface area contributed by atoms with Crippen molar-refractivity contribution in [3.05, 3.63) is 41.5 Å². The van der Waals surface area contributed by atoms with E-state index in [0.717, 1.165) is 22.6 Å². The topological polar surface area (TPSA) is 124 Å². The highest BCUT2D eigenvalue weighted by molar-refractivity contribution is 7.45. The van der Waals surface area contributed by atoms with Crippen LogP contribution in [0.3, 0.4) is 0 Å². The maximum Gasteiger partial charge on any atom is 0.466 e. The zero-order valence-electron chi connectivity index (χ0n) is 16.8. The Morgan fingerprint density at radius 1 is 0.724 bits per heavy atom. The number of rotatable bonds is 7. The zero-order chi connectivity index (χ0) is 22.0. The lowest BCUT2D eigenvalue weighted by Gasteiger charge is -2.13. The number of ether oxygens (including phenoxy) is 5. The van der Waals surface area contributed by atoms with Gasteiger partial charge in [-0.1, -0.05) is 12.2 Å². The molecule has 0 fully saturated rings. The Morgan fingerprint density at radius 2 is 1.24 bits per heavy atom. The van der Waals surface area contributed by atoms with Gasteiger partial charge in [0.25, 0.3) is 0 Å². The van der Waals surface area contributed by atoms with E-state index >= 15 is 0 Å². The third-order valence-corrected chi connectivity index (χ3v) is 3.58. The van der Waals surface area contributed by atoms with Crippen LogP contribution in [-0.4, -0.2) is 50.2 Å². The fourth-order valence-electron chi connectivity index (χ4n) is 2.34. The molecule has 3 N–H and O–H groups in total. The van der Waals surface area contributed by atoms with Crippen LogP contribution in [0, 0.1) is 0 Å². The van der Waals surface area contributed by atoms with Crippen molar-refractivity contribution >= 4 is 20.0 Å². The van der Waals surface area contributed by atoms with Crippen molar-refractivity contribution in [3.8, 4) is 28.7 Å². The van der Waals surface area contributed by atoms with Crippen molar-refractivity contribution in [1.82, 2.24) is 0 Å². The molecule has 0 atom stereocenters. The summed E-state index contributed by atoms with van der Waals surface area (Å²) in [6.07, 6.45) is 3.91. The van der Waals surface area contributed by atoms with Crippen molar-refractivity contribution in [1.29, 1.82) is 0 Å². The van der Waals surface area contributed by atoms with Gasteiger partial charge in [0.2, 0.25) is 5.75 Å². The number of hydrogen-bond donors (Lipinski definition) is 3. The highest BCUT2D eigenvalue weighted by Crippen LogP contribution is 2.38. The minimum absolute atomic E-state index is 0.569. The quantitative estimate of drug-likeness (QED) is 0.451. The van der Waals surface area contributed by atoms with Gasteiger partial charge in [0.15, 0.2) is 11.5 Å². The van der Waals surface area contributed by atoms with Crippen molar-refractivity contribution in [3.63, 3.8) is 0 Å². The summed E-state index contributed by atoms with van der Waals surface area (Å²) in [5, 5.41) is 0. The van der Waals surface area contributed by atoms with Gasteiger partial charge in [0.1, 0.15) is 11.5 Å². The van der Waals surface area contributed by atoms with Crippen LogP contribution in [0.2, 0.25) is 0 Å². The lowest BCUT2D eigenvalue weighted by Crippen LogP contribution is -1.95. The summed E-state index contributed by atoms with van der Waals surface area (Å²) >= 11 is 0. The summed E-state index contributed by atoms with van der Waals surface area (Å²) in [5.41, 5.74) is 1.86. The molecule has 0 radical (unpaired) electrons. The van der Waals surface area contributed by atoms with Crippen LogP contribution in [0.4, 0.5) is 0 Å². The van der Waals surface area contributed by atoms with Gasteiger partial charge >= 0.3 is 7.82 Å². The molecular formula is C19H25O9P. The average molecular weight is 428 g/mol. The summed E-state index contributed by atoms with van der Waals surface area (Å²) in [6.45, 7) is 0. The molecule has 2 aromatic carbocycles. The molecule has 29 heavy (non-hydrogen) atoms. The molecule has 0 saturated heterocycles. The normalized spacial score (nSPS) is 10.8. The summed E-state index contributed by atoms with van der Waals surface area (Å²) in [4.78, 5) is 21.6. The maximum absolute atomic E-state index is 8.88. The third kappa shape index (κ3) is 8.05. The van der Waals surface area contributed by atoms with E-state index in [1.54, 1.807) is 35.5 Å². The zero-order valence-corrected chi connectivity index (χ0v) is 17.7. The van der Waals surface area contributed by atoms with Gasteiger partial charge in [0.05, 0.1) is 35.5 Å². The van der Waals surface area contributed by atoms with Crippen molar-refractivity contribution in [2.75, 3.05) is 35.5 Å². The molecule has 0 aliphatic heterocycles. The highest BCUT2D eigenvalue weighted by atomic mass is 31.2. The van der Waals surface area contributed by atoms with Gasteiger partial charge in [0, 0.05) is 11.6 Å². The summed E-state index contributed by atoms with van der Waals surface area (Å²) in [5.74, 6) is 3.27. The molecule has 2 rings (SSSR count). The van der Waals surface area contributed by atoms with Gasteiger partial charge in [-0.25, -0.2) is 4.57 Å². The molecule has 0 spiro atoms. The monoisotopic (exact) mass is 428 g/mol. The Kier molecular flexibility index (Phi) is 9.50. The summed E-state index contributed by atoms with van der Waals surface area (Å²) < 4.78 is 35.6. The molecule has 0 heterocycles. The number of phosphoric acid groups is 1. The van der Waals surface area contributed by atoms with Crippen molar-refractivity contribution < 1.29 is 42.9 Å². The SMILES string of the molecule is COc1ccc(/C=C\c2cc(OC)c(OC)c(OC)c2)c(OC)c1.O=P(O)(O)O. The largest absolute Gasteiger partial charge is 0.497 e. The Bertz CT molecular complexity index is 841. The predicted molar refractivity (Wildman–Crippen MR) is 109 cm³/mol. The van der Waals surface area contributed by atoms with Crippen LogP contribution >= 0.6 is 7.82 Å². The third-order valence-electron chi connectivity index (χ3n) is 3.58. The standard InChI is InChI=1S/C19H22O5.H3O4P/c1-20-15-9-8-14(16(12-15)21-2)7-6-13-10-17(22-3)19(24-5)18(11-13)23-4;1-5(2,3)4/h6-12H,1-5H3;(H3,1,2,3,4)/b7-6-;. The van der Waals surface area contributed by atoms with E-state index in [1.807, 2.05) is 42.5 Å². The van der Waals surface area contributed by atoms with E-state index in [4.69, 9.17) is 42.9 Å². The molecule has 10 heteroatoms. The van der Waals surface area contributed by atoms with Crippen LogP contribution in [-0.2, 0) is 4.57 Å². The van der Waals surface area contributed by atoms with E-state index < -0.39 is 7.82 Å². The average Bonchev–Trinajstić information content (AvgIpc) is 2.69. The first kappa shape index (κ1) is 24.3. The molecule has 2 aromatic rings. The second-order valence-corrected chi connectivity index (χ2v) is 6.44. The lowest BCUT2D eigenvalue weighted by atomic mass is 10.1. The summed E-state index contributed by atoms with van der Waals surface area (Å²) in [6, 6.07) is 9.43. The smallest absolute Gasteiger partial charge is 0.466 e. The Balaban J connectivity index is 0.000000749. The van der Waals surface area contributed by atoms with E-state index in [1.165, 1.54) is 0 Å². The predicted octanol–water partition coefficient (Wildman–Crippen LogP) is 2.97. The minimum atomic E-state index is -4.64. The first-order chi connectivity index (χ1) is 13.7. The first-order valence-corrected chi connectivity index (χ1v) is 9.71. The Labute approximate surface area is 169 Å². The highest BCUT2D eigenvalue weighted by Gasteiger charge is 2.12. The van der Waals surface area contributed by atoms with Crippen LogP contribution in [0.5, 0.6) is 28.7 Å². The van der Waals surface area contributed by atoms with Gasteiger partial charge in [-0.05, 0) is 29.8 Å². The van der Waals surface area contributed by atoms with E-state index in [9.17, 15) is 0 Å². The Morgan fingerprint density at radius 3 is 1.66 bits per heavy atom. The number of benzene rings is 2. The maximum atomic E-state index is 8.88. The van der Waals surface area contributed by atoms with Crippen LogP contribution in [0.1, 0.15) is 11.1 Å². The van der Waals surface area contributed by atoms with Gasteiger partial charge in [-0.15, -0.1) is 0 Å². The van der Waals surface area contributed by atoms with E-state index in [0.29, 0.717) is 17.2 Å². The van der Waals surface area contributed by atoms with E-state index in [-0.39, 0.29) is 0 Å². The molecule has 0 aromatic heterocycles. The van der Waals surface area contributed by atoms with Crippen LogP contribution < -0.4 is 23.7 Å². The fourth-order valence-corrected chi connectivity index (χ4v) is 2.34. The molecule has 0 bridgehead atoms. The first-order valence-electron chi connectivity index (χ1n) is 8.15. The molecule has 0 aliphatic rings. The molecule has 0 unspecified atom stereocenters. The van der Waals surface area contributed by atoms with Crippen LogP contribution in [0.15, 0.2) is 30.3 Å². The number of hydrogen-bond acceptors (Lipinski definition) is 6. The van der Waals surface area contributed by atoms with Gasteiger partial charge in [-0.2, -0.15) is 0 Å². The Hall–Kier alpha value is -2.71. The molecule has 160 valence electrons.